The second-order valence-electron chi connectivity index (χ2n) is 2.16. The molecule has 1 aromatic carbocycles. The normalized spacial score (nSPS) is 8.22. The molecule has 0 saturated carbocycles. The van der Waals surface area contributed by atoms with E-state index in [-0.39, 0.29) is 31.1 Å². The van der Waals surface area contributed by atoms with Gasteiger partial charge in [-0.2, -0.15) is 0 Å². The van der Waals surface area contributed by atoms with Crippen LogP contribution in [0.2, 0.25) is 0 Å². The van der Waals surface area contributed by atoms with Gasteiger partial charge in [0.1, 0.15) is 0 Å². The average molecular weight is 344 g/mol. The summed E-state index contributed by atoms with van der Waals surface area (Å²) >= 11 is 0. The molecule has 0 spiro atoms. The molecule has 0 aliphatic heterocycles. The predicted octanol–water partition coefficient (Wildman–Crippen LogP) is 2.30. The fraction of sp³-hybridized carbons (Fsp3) is 0.250. The Morgan fingerprint density at radius 2 is 1.44 bits per heavy atom. The Bertz CT molecular complexity index is 164. The third-order valence-corrected chi connectivity index (χ3v) is 1.17. The van der Waals surface area contributed by atoms with Gasteiger partial charge in [0.2, 0.25) is 0 Å². The molecule has 0 aliphatic rings. The van der Waals surface area contributed by atoms with Gasteiger partial charge >= 0.3 is 0 Å². The molecule has 1 aromatic rings. The van der Waals surface area contributed by atoms with Gasteiger partial charge in [0.15, 0.2) is 0 Å². The summed E-state index contributed by atoms with van der Waals surface area (Å²) in [5.41, 5.74) is 2.68. The molecule has 1 rings (SSSR count). The molecule has 9 heavy (non-hydrogen) atoms. The van der Waals surface area contributed by atoms with Crippen molar-refractivity contribution in [2.75, 3.05) is 0 Å². The van der Waals surface area contributed by atoms with Crippen LogP contribution < -0.4 is 0 Å². The van der Waals surface area contributed by atoms with E-state index in [9.17, 15) is 0 Å². The molecular formula is C8H10U. The minimum atomic E-state index is 0. The molecule has 0 amide bonds. The monoisotopic (exact) mass is 344 g/mol. The topological polar surface area (TPSA) is 0 Å². The number of rotatable bonds is 0. The summed E-state index contributed by atoms with van der Waals surface area (Å²) in [7, 11) is 0. The first-order valence-electron chi connectivity index (χ1n) is 2.82. The summed E-state index contributed by atoms with van der Waals surface area (Å²) in [5, 5.41) is 0. The van der Waals surface area contributed by atoms with E-state index in [0.29, 0.717) is 0 Å². The van der Waals surface area contributed by atoms with E-state index in [2.05, 4.69) is 38.1 Å². The van der Waals surface area contributed by atoms with Crippen molar-refractivity contribution in [1.82, 2.24) is 0 Å². The third-order valence-electron chi connectivity index (χ3n) is 1.17. The summed E-state index contributed by atoms with van der Waals surface area (Å²) < 4.78 is 0. The largest absolute Gasteiger partial charge is 0.0617 e. The third kappa shape index (κ3) is 3.08. The van der Waals surface area contributed by atoms with Crippen LogP contribution in [0.5, 0.6) is 0 Å². The minimum Gasteiger partial charge on any atom is -0.0617 e. The first-order valence-corrected chi connectivity index (χ1v) is 2.82. The van der Waals surface area contributed by atoms with Gasteiger partial charge in [-0.3, -0.25) is 0 Å². The van der Waals surface area contributed by atoms with Gasteiger partial charge in [-0.05, 0) is 13.8 Å². The van der Waals surface area contributed by atoms with Crippen LogP contribution in [0.15, 0.2) is 24.3 Å². The van der Waals surface area contributed by atoms with Crippen molar-refractivity contribution < 1.29 is 31.1 Å². The van der Waals surface area contributed by atoms with Gasteiger partial charge < -0.3 is 0 Å². The van der Waals surface area contributed by atoms with Crippen LogP contribution in [0, 0.1) is 45.0 Å². The quantitative estimate of drug-likeness (QED) is 0.678. The molecule has 1 heteroatoms. The molecule has 0 aromatic heterocycles. The fourth-order valence-electron chi connectivity index (χ4n) is 0.807. The van der Waals surface area contributed by atoms with Crippen molar-refractivity contribution in [3.05, 3.63) is 35.4 Å². The SMILES string of the molecule is Cc1cccc(C)c1.[U]. The maximum absolute atomic E-state index is 2.17. The molecule has 0 N–H and O–H groups in total. The Morgan fingerprint density at radius 1 is 1.00 bits per heavy atom. The number of hydrogen-bond acceptors (Lipinski definition) is 0. The van der Waals surface area contributed by atoms with Crippen LogP contribution in [0.25, 0.3) is 0 Å². The van der Waals surface area contributed by atoms with Crippen molar-refractivity contribution in [1.29, 1.82) is 0 Å². The minimum absolute atomic E-state index is 0. The van der Waals surface area contributed by atoms with Crippen LogP contribution in [0.3, 0.4) is 0 Å². The van der Waals surface area contributed by atoms with Crippen molar-refractivity contribution >= 4 is 0 Å². The van der Waals surface area contributed by atoms with E-state index in [1.807, 2.05) is 0 Å². The number of aryl methyl sites for hydroxylation is 2. The van der Waals surface area contributed by atoms with Gasteiger partial charge in [-0.25, -0.2) is 0 Å². The Balaban J connectivity index is 0.000000640. The Morgan fingerprint density at radius 3 is 1.67 bits per heavy atom. The molecule has 0 saturated heterocycles. The van der Waals surface area contributed by atoms with E-state index >= 15 is 0 Å². The van der Waals surface area contributed by atoms with Crippen molar-refractivity contribution in [2.45, 2.75) is 13.8 Å². The maximum Gasteiger partial charge on any atom is 0 e. The summed E-state index contributed by atoms with van der Waals surface area (Å²) in [6.07, 6.45) is 0. The molecule has 46 valence electrons. The van der Waals surface area contributed by atoms with Crippen molar-refractivity contribution in [3.8, 4) is 0 Å². The summed E-state index contributed by atoms with van der Waals surface area (Å²) in [5.74, 6) is 0. The van der Waals surface area contributed by atoms with E-state index < -0.39 is 0 Å². The van der Waals surface area contributed by atoms with Crippen LogP contribution in [0.1, 0.15) is 11.1 Å². The fourth-order valence-corrected chi connectivity index (χ4v) is 0.807. The molecule has 0 fully saturated rings. The average Bonchev–Trinajstić information content (AvgIpc) is 1.64. The molecule has 0 heterocycles. The summed E-state index contributed by atoms with van der Waals surface area (Å²) in [6, 6.07) is 8.45. The molecule has 0 radical (unpaired) electrons. The van der Waals surface area contributed by atoms with Gasteiger partial charge in [0, 0.05) is 31.1 Å². The summed E-state index contributed by atoms with van der Waals surface area (Å²) in [6.45, 7) is 4.21. The first-order chi connectivity index (χ1) is 3.79. The van der Waals surface area contributed by atoms with E-state index in [0.717, 1.165) is 0 Å². The maximum atomic E-state index is 2.17. The van der Waals surface area contributed by atoms with E-state index in [4.69, 9.17) is 0 Å². The molecule has 0 aliphatic carbocycles. The smallest absolute Gasteiger partial charge is 0 e. The van der Waals surface area contributed by atoms with Crippen LogP contribution in [-0.2, 0) is 0 Å². The number of benzene rings is 1. The van der Waals surface area contributed by atoms with E-state index in [1.54, 1.807) is 0 Å². The summed E-state index contributed by atoms with van der Waals surface area (Å²) in [4.78, 5) is 0. The zero-order chi connectivity index (χ0) is 5.98. The zero-order valence-electron chi connectivity index (χ0n) is 5.81. The molecule has 0 nitrogen and oxygen atoms in total. The van der Waals surface area contributed by atoms with Gasteiger partial charge in [0.25, 0.3) is 0 Å². The standard InChI is InChI=1S/C8H10.U/c1-7-4-3-5-8(2)6-7;/h3-6H,1-2H3;. The van der Waals surface area contributed by atoms with Crippen molar-refractivity contribution in [2.24, 2.45) is 0 Å². The second-order valence-corrected chi connectivity index (χ2v) is 2.16. The van der Waals surface area contributed by atoms with Crippen LogP contribution in [0.4, 0.5) is 0 Å². The number of hydrogen-bond donors (Lipinski definition) is 0. The Hall–Kier alpha value is 0.272. The zero-order valence-corrected chi connectivity index (χ0v) is 9.97. The van der Waals surface area contributed by atoms with Crippen molar-refractivity contribution in [3.63, 3.8) is 0 Å². The van der Waals surface area contributed by atoms with E-state index in [1.165, 1.54) is 11.1 Å². The molecular weight excluding hydrogens is 334 g/mol. The molecule has 0 atom stereocenters. The molecule has 0 unspecified atom stereocenters. The van der Waals surface area contributed by atoms with Gasteiger partial charge in [0.05, 0.1) is 0 Å². The first kappa shape index (κ1) is 9.27. The van der Waals surface area contributed by atoms with Crippen LogP contribution in [-0.4, -0.2) is 0 Å². The van der Waals surface area contributed by atoms with Gasteiger partial charge in [-0.1, -0.05) is 35.4 Å². The Labute approximate surface area is 80.0 Å². The molecule has 0 bridgehead atoms. The Kier molecular flexibility index (Phi) is 4.27. The van der Waals surface area contributed by atoms with Crippen LogP contribution >= 0.6 is 0 Å². The van der Waals surface area contributed by atoms with Gasteiger partial charge in [-0.15, -0.1) is 0 Å². The predicted molar refractivity (Wildman–Crippen MR) is 35.9 cm³/mol. The second kappa shape index (κ2) is 4.15.